The fourth-order valence-corrected chi connectivity index (χ4v) is 3.41. The van der Waals surface area contributed by atoms with Crippen LogP contribution >= 0.6 is 0 Å². The molecule has 27 heavy (non-hydrogen) atoms. The maximum atomic E-state index is 13.0. The van der Waals surface area contributed by atoms with E-state index < -0.39 is 0 Å². The first-order valence-electron chi connectivity index (χ1n) is 9.11. The largest absolute Gasteiger partial charge is 0.376 e. The van der Waals surface area contributed by atoms with E-state index in [2.05, 4.69) is 10.4 Å². The van der Waals surface area contributed by atoms with Crippen LogP contribution in [0.25, 0.3) is 0 Å². The molecule has 0 saturated carbocycles. The second kappa shape index (κ2) is 7.48. The number of hydrogen-bond acceptors (Lipinski definition) is 4. The van der Waals surface area contributed by atoms with Crippen LogP contribution in [0.1, 0.15) is 39.4 Å². The predicted octanol–water partition coefficient (Wildman–Crippen LogP) is 1.59. The molecule has 1 saturated heterocycles. The summed E-state index contributed by atoms with van der Waals surface area (Å²) in [6.45, 7) is 2.58. The highest BCUT2D eigenvalue weighted by Gasteiger charge is 2.28. The van der Waals surface area contributed by atoms with Crippen LogP contribution in [-0.4, -0.2) is 52.3 Å². The van der Waals surface area contributed by atoms with Crippen LogP contribution in [0.3, 0.4) is 0 Å². The van der Waals surface area contributed by atoms with Crippen LogP contribution in [0.5, 0.6) is 0 Å². The van der Waals surface area contributed by atoms with Crippen molar-refractivity contribution < 1.29 is 18.7 Å². The molecule has 0 bridgehead atoms. The van der Waals surface area contributed by atoms with Crippen molar-refractivity contribution in [3.05, 3.63) is 53.1 Å². The van der Waals surface area contributed by atoms with Crippen molar-refractivity contribution in [2.45, 2.75) is 32.0 Å². The molecule has 2 aliphatic rings. The van der Waals surface area contributed by atoms with Crippen molar-refractivity contribution in [2.24, 2.45) is 0 Å². The van der Waals surface area contributed by atoms with Gasteiger partial charge in [-0.3, -0.25) is 14.3 Å². The summed E-state index contributed by atoms with van der Waals surface area (Å²) in [6, 6.07) is 7.62. The second-order valence-corrected chi connectivity index (χ2v) is 6.84. The standard InChI is InChI=1S/C19H21FN4O3/c20-14-5-3-13(4-6-14)12-23-7-8-24-17(19(23)26)10-16(22-24)18(25)21-11-15-2-1-9-27-15/h3-6,10,15H,1-2,7-9,11-12H2,(H,21,25)/t15-/m0/s1. The fourth-order valence-electron chi connectivity index (χ4n) is 3.41. The monoisotopic (exact) mass is 372 g/mol. The molecule has 2 aromatic rings. The topological polar surface area (TPSA) is 76.5 Å². The molecule has 1 atom stereocenters. The number of amides is 2. The number of rotatable bonds is 5. The summed E-state index contributed by atoms with van der Waals surface area (Å²) in [5.41, 5.74) is 1.48. The number of fused-ring (bicyclic) bond motifs is 1. The van der Waals surface area contributed by atoms with E-state index in [9.17, 15) is 14.0 Å². The van der Waals surface area contributed by atoms with E-state index >= 15 is 0 Å². The molecule has 0 aliphatic carbocycles. The van der Waals surface area contributed by atoms with Gasteiger partial charge >= 0.3 is 0 Å². The smallest absolute Gasteiger partial charge is 0.272 e. The number of hydrogen-bond donors (Lipinski definition) is 1. The van der Waals surface area contributed by atoms with E-state index in [4.69, 9.17) is 4.74 Å². The first-order valence-corrected chi connectivity index (χ1v) is 9.11. The average Bonchev–Trinajstić information content (AvgIpc) is 3.34. The highest BCUT2D eigenvalue weighted by atomic mass is 19.1. The van der Waals surface area contributed by atoms with E-state index in [1.54, 1.807) is 21.7 Å². The zero-order valence-electron chi connectivity index (χ0n) is 14.9. The number of carbonyl (C=O) groups excluding carboxylic acids is 2. The number of ether oxygens (including phenoxy) is 1. The molecule has 2 amide bonds. The molecule has 3 heterocycles. The molecule has 0 spiro atoms. The molecule has 2 aliphatic heterocycles. The van der Waals surface area contributed by atoms with Crippen LogP contribution in [0.2, 0.25) is 0 Å². The maximum Gasteiger partial charge on any atom is 0.272 e. The van der Waals surface area contributed by atoms with Crippen molar-refractivity contribution in [3.63, 3.8) is 0 Å². The highest BCUT2D eigenvalue weighted by Crippen LogP contribution is 2.17. The lowest BCUT2D eigenvalue weighted by Crippen LogP contribution is -2.39. The lowest BCUT2D eigenvalue weighted by atomic mass is 10.2. The van der Waals surface area contributed by atoms with Crippen molar-refractivity contribution >= 4 is 11.8 Å². The SMILES string of the molecule is O=C(NC[C@@H]1CCCO1)c1cc2n(n1)CCN(Cc1ccc(F)cc1)C2=O. The Morgan fingerprint density at radius 2 is 2.11 bits per heavy atom. The number of nitrogens with one attached hydrogen (secondary N) is 1. The van der Waals surface area contributed by atoms with E-state index in [0.29, 0.717) is 31.9 Å². The van der Waals surface area contributed by atoms with Crippen molar-refractivity contribution in [1.29, 1.82) is 0 Å². The lowest BCUT2D eigenvalue weighted by molar-refractivity contribution is 0.0683. The third-order valence-corrected chi connectivity index (χ3v) is 4.90. The van der Waals surface area contributed by atoms with Gasteiger partial charge in [-0.2, -0.15) is 5.10 Å². The zero-order valence-corrected chi connectivity index (χ0v) is 14.9. The van der Waals surface area contributed by atoms with Crippen LogP contribution in [-0.2, 0) is 17.8 Å². The molecule has 7 nitrogen and oxygen atoms in total. The van der Waals surface area contributed by atoms with E-state index in [0.717, 1.165) is 25.0 Å². The van der Waals surface area contributed by atoms with Gasteiger partial charge in [0.15, 0.2) is 5.69 Å². The Morgan fingerprint density at radius 1 is 1.30 bits per heavy atom. The fraction of sp³-hybridized carbons (Fsp3) is 0.421. The van der Waals surface area contributed by atoms with Gasteiger partial charge in [-0.15, -0.1) is 0 Å². The number of benzene rings is 1. The van der Waals surface area contributed by atoms with Crippen LogP contribution in [0, 0.1) is 5.82 Å². The van der Waals surface area contributed by atoms with E-state index in [1.165, 1.54) is 18.2 Å². The third kappa shape index (κ3) is 3.85. The average molecular weight is 372 g/mol. The van der Waals surface area contributed by atoms with Crippen LogP contribution in [0.15, 0.2) is 30.3 Å². The van der Waals surface area contributed by atoms with Gasteiger partial charge in [-0.05, 0) is 30.5 Å². The summed E-state index contributed by atoms with van der Waals surface area (Å²) in [6.07, 6.45) is 2.01. The molecule has 0 radical (unpaired) electrons. The molecule has 8 heteroatoms. The van der Waals surface area contributed by atoms with Gasteiger partial charge in [0.05, 0.1) is 12.6 Å². The van der Waals surface area contributed by atoms with E-state index in [-0.39, 0.29) is 29.4 Å². The maximum absolute atomic E-state index is 13.0. The molecule has 1 aromatic heterocycles. The van der Waals surface area contributed by atoms with Crippen molar-refractivity contribution in [1.82, 2.24) is 20.0 Å². The molecular weight excluding hydrogens is 351 g/mol. The Balaban J connectivity index is 1.41. The highest BCUT2D eigenvalue weighted by molar-refractivity contribution is 5.98. The Labute approximate surface area is 156 Å². The summed E-state index contributed by atoms with van der Waals surface area (Å²) in [5.74, 6) is -0.790. The minimum Gasteiger partial charge on any atom is -0.376 e. The molecule has 142 valence electrons. The van der Waals surface area contributed by atoms with Gasteiger partial charge in [0, 0.05) is 32.3 Å². The second-order valence-electron chi connectivity index (χ2n) is 6.84. The molecular formula is C19H21FN4O3. The Morgan fingerprint density at radius 3 is 2.85 bits per heavy atom. The number of carbonyl (C=O) groups is 2. The minimum atomic E-state index is -0.305. The third-order valence-electron chi connectivity index (χ3n) is 4.90. The Kier molecular flexibility index (Phi) is 4.89. The van der Waals surface area contributed by atoms with E-state index in [1.807, 2.05) is 0 Å². The van der Waals surface area contributed by atoms with Gasteiger partial charge in [0.1, 0.15) is 11.5 Å². The van der Waals surface area contributed by atoms with Gasteiger partial charge in [-0.1, -0.05) is 12.1 Å². The summed E-state index contributed by atoms with van der Waals surface area (Å²) < 4.78 is 20.1. The van der Waals surface area contributed by atoms with Gasteiger partial charge in [-0.25, -0.2) is 4.39 Å². The quantitative estimate of drug-likeness (QED) is 0.865. The molecule has 4 rings (SSSR count). The summed E-state index contributed by atoms with van der Waals surface area (Å²) >= 11 is 0. The summed E-state index contributed by atoms with van der Waals surface area (Å²) in [7, 11) is 0. The first-order chi connectivity index (χ1) is 13.1. The van der Waals surface area contributed by atoms with Crippen molar-refractivity contribution in [3.8, 4) is 0 Å². The lowest BCUT2D eigenvalue weighted by Gasteiger charge is -2.27. The first kappa shape index (κ1) is 17.7. The number of halogens is 1. The van der Waals surface area contributed by atoms with Crippen molar-refractivity contribution in [2.75, 3.05) is 19.7 Å². The molecule has 1 fully saturated rings. The normalized spacial score (nSPS) is 19.2. The Bertz CT molecular complexity index is 843. The molecule has 1 aromatic carbocycles. The van der Waals surface area contributed by atoms with Gasteiger partial charge < -0.3 is 15.0 Å². The molecule has 0 unspecified atom stereocenters. The van der Waals surface area contributed by atoms with Gasteiger partial charge in [0.25, 0.3) is 11.8 Å². The zero-order chi connectivity index (χ0) is 18.8. The number of aromatic nitrogens is 2. The summed E-state index contributed by atoms with van der Waals surface area (Å²) in [4.78, 5) is 26.7. The summed E-state index contributed by atoms with van der Waals surface area (Å²) in [5, 5.41) is 7.09. The minimum absolute atomic E-state index is 0.0547. The van der Waals surface area contributed by atoms with Crippen LogP contribution in [0.4, 0.5) is 4.39 Å². The Hall–Kier alpha value is -2.74. The van der Waals surface area contributed by atoms with Crippen LogP contribution < -0.4 is 5.32 Å². The predicted molar refractivity (Wildman–Crippen MR) is 94.7 cm³/mol. The van der Waals surface area contributed by atoms with Gasteiger partial charge in [0.2, 0.25) is 0 Å². The number of nitrogens with zero attached hydrogens (tertiary/aromatic N) is 3. The molecule has 1 N–H and O–H groups in total.